The first-order valence-corrected chi connectivity index (χ1v) is 12.4. The van der Waals surface area contributed by atoms with Crippen molar-refractivity contribution in [3.05, 3.63) is 57.6 Å². The highest BCUT2D eigenvalue weighted by molar-refractivity contribution is 5.98. The Kier molecular flexibility index (Phi) is 6.51. The summed E-state index contributed by atoms with van der Waals surface area (Å²) in [6, 6.07) is 11.2. The highest BCUT2D eigenvalue weighted by atomic mass is 16.3. The van der Waals surface area contributed by atoms with Crippen molar-refractivity contribution in [2.24, 2.45) is 12.8 Å². The molecule has 2 aromatic heterocycles. The number of carbonyl (C=O) groups is 1. The standard InChI is InChI=1S/C26H31N7O3/c1-30-24-23(33(26(30)36)15-18-6-3-2-5-17(18)14-27)22(32-10-4-7-19(28)16-32)13-21(29-24)25(35)31-11-8-20(34)9-12-31/h2-3,5-6,13,19-20,34H,4,7-12,15-16,28H2,1H3/t19-/m1/s1. The normalized spacial score (nSPS) is 19.0. The highest BCUT2D eigenvalue weighted by Crippen LogP contribution is 2.30. The van der Waals surface area contributed by atoms with E-state index in [0.29, 0.717) is 49.2 Å². The number of amides is 1. The van der Waals surface area contributed by atoms with Gasteiger partial charge >= 0.3 is 5.69 Å². The van der Waals surface area contributed by atoms with E-state index in [1.807, 2.05) is 12.1 Å². The van der Waals surface area contributed by atoms with Gasteiger partial charge in [0.2, 0.25) is 0 Å². The molecular formula is C26H31N7O3. The predicted molar refractivity (Wildman–Crippen MR) is 136 cm³/mol. The van der Waals surface area contributed by atoms with Gasteiger partial charge in [0, 0.05) is 39.3 Å². The molecule has 0 spiro atoms. The summed E-state index contributed by atoms with van der Waals surface area (Å²) in [5, 5.41) is 19.4. The molecule has 0 radical (unpaired) electrons. The van der Waals surface area contributed by atoms with E-state index in [4.69, 9.17) is 5.73 Å². The number of hydrogen-bond donors (Lipinski definition) is 2. The van der Waals surface area contributed by atoms with Crippen LogP contribution in [0.15, 0.2) is 35.1 Å². The van der Waals surface area contributed by atoms with Gasteiger partial charge < -0.3 is 20.6 Å². The minimum Gasteiger partial charge on any atom is -0.393 e. The second-order valence-corrected chi connectivity index (χ2v) is 9.77. The first-order chi connectivity index (χ1) is 17.4. The maximum Gasteiger partial charge on any atom is 0.330 e. The van der Waals surface area contributed by atoms with Crippen molar-refractivity contribution in [3.63, 3.8) is 0 Å². The minimum absolute atomic E-state index is 0.00658. The monoisotopic (exact) mass is 489 g/mol. The lowest BCUT2D eigenvalue weighted by Gasteiger charge is -2.34. The number of aromatic nitrogens is 3. The van der Waals surface area contributed by atoms with E-state index in [1.165, 1.54) is 4.57 Å². The van der Waals surface area contributed by atoms with Crippen LogP contribution in [0.2, 0.25) is 0 Å². The summed E-state index contributed by atoms with van der Waals surface area (Å²) in [6.07, 6.45) is 2.52. The Morgan fingerprint density at radius 1 is 1.22 bits per heavy atom. The van der Waals surface area contributed by atoms with Crippen LogP contribution >= 0.6 is 0 Å². The molecule has 188 valence electrons. The van der Waals surface area contributed by atoms with Crippen LogP contribution in [-0.2, 0) is 13.6 Å². The number of piperidine rings is 2. The molecule has 10 heteroatoms. The molecule has 4 heterocycles. The zero-order valence-corrected chi connectivity index (χ0v) is 20.4. The number of nitriles is 1. The number of aryl methyl sites for hydroxylation is 1. The Hall–Kier alpha value is -3.68. The van der Waals surface area contributed by atoms with Gasteiger partial charge in [-0.3, -0.25) is 13.9 Å². The molecule has 0 aliphatic carbocycles. The second-order valence-electron chi connectivity index (χ2n) is 9.77. The van der Waals surface area contributed by atoms with E-state index < -0.39 is 0 Å². The Labute approximate surface area is 209 Å². The minimum atomic E-state index is -0.388. The molecular weight excluding hydrogens is 458 g/mol. The number of aliphatic hydroxyl groups is 1. The molecule has 1 atom stereocenters. The van der Waals surface area contributed by atoms with Crippen molar-refractivity contribution < 1.29 is 9.90 Å². The van der Waals surface area contributed by atoms with Crippen LogP contribution in [0.3, 0.4) is 0 Å². The smallest absolute Gasteiger partial charge is 0.330 e. The number of benzene rings is 1. The van der Waals surface area contributed by atoms with Gasteiger partial charge in [0.1, 0.15) is 11.2 Å². The summed E-state index contributed by atoms with van der Waals surface area (Å²) < 4.78 is 3.11. The van der Waals surface area contributed by atoms with Gasteiger partial charge in [-0.2, -0.15) is 5.26 Å². The van der Waals surface area contributed by atoms with Gasteiger partial charge in [-0.15, -0.1) is 0 Å². The molecule has 2 saturated heterocycles. The molecule has 0 unspecified atom stereocenters. The lowest BCUT2D eigenvalue weighted by Crippen LogP contribution is -2.43. The lowest BCUT2D eigenvalue weighted by molar-refractivity contribution is 0.0542. The van der Waals surface area contributed by atoms with Crippen LogP contribution in [0.5, 0.6) is 0 Å². The summed E-state index contributed by atoms with van der Waals surface area (Å²) in [5.74, 6) is -0.207. The number of nitrogens with zero attached hydrogens (tertiary/aromatic N) is 6. The maximum absolute atomic E-state index is 13.4. The van der Waals surface area contributed by atoms with Gasteiger partial charge in [0.05, 0.1) is 30.0 Å². The fourth-order valence-corrected chi connectivity index (χ4v) is 5.27. The van der Waals surface area contributed by atoms with E-state index >= 15 is 0 Å². The summed E-state index contributed by atoms with van der Waals surface area (Å²) in [4.78, 5) is 35.4. The molecule has 0 bridgehead atoms. The van der Waals surface area contributed by atoms with Crippen molar-refractivity contribution in [2.45, 2.75) is 44.4 Å². The number of nitrogens with two attached hydrogens (primary N) is 1. The van der Waals surface area contributed by atoms with Gasteiger partial charge in [-0.25, -0.2) is 9.78 Å². The lowest BCUT2D eigenvalue weighted by atomic mass is 10.0. The first kappa shape index (κ1) is 24.0. The molecule has 1 aromatic carbocycles. The molecule has 10 nitrogen and oxygen atoms in total. The Morgan fingerprint density at radius 3 is 2.69 bits per heavy atom. The fourth-order valence-electron chi connectivity index (χ4n) is 5.27. The van der Waals surface area contributed by atoms with Crippen LogP contribution in [0.4, 0.5) is 5.69 Å². The van der Waals surface area contributed by atoms with E-state index in [9.17, 15) is 20.0 Å². The number of rotatable bonds is 4. The zero-order chi connectivity index (χ0) is 25.4. The third-order valence-electron chi connectivity index (χ3n) is 7.30. The topological polar surface area (TPSA) is 133 Å². The van der Waals surface area contributed by atoms with Crippen molar-refractivity contribution in [1.82, 2.24) is 19.0 Å². The molecule has 2 aliphatic heterocycles. The number of imidazole rings is 1. The van der Waals surface area contributed by atoms with E-state index in [1.54, 1.807) is 34.7 Å². The SMILES string of the molecule is Cn1c(=O)n(Cc2ccccc2C#N)c2c(N3CCC[C@@H](N)C3)cc(C(=O)N3CCC(O)CC3)nc21. The van der Waals surface area contributed by atoms with Gasteiger partial charge in [-0.1, -0.05) is 18.2 Å². The third-order valence-corrected chi connectivity index (χ3v) is 7.30. The number of hydrogen-bond acceptors (Lipinski definition) is 7. The van der Waals surface area contributed by atoms with Gasteiger partial charge in [-0.05, 0) is 43.4 Å². The zero-order valence-electron chi connectivity index (χ0n) is 20.4. The van der Waals surface area contributed by atoms with E-state index in [-0.39, 0.29) is 36.0 Å². The molecule has 1 amide bonds. The molecule has 0 saturated carbocycles. The highest BCUT2D eigenvalue weighted by Gasteiger charge is 2.29. The summed E-state index contributed by atoms with van der Waals surface area (Å²) in [6.45, 7) is 2.52. The van der Waals surface area contributed by atoms with Gasteiger partial charge in [0.15, 0.2) is 5.65 Å². The average molecular weight is 490 g/mol. The van der Waals surface area contributed by atoms with Crippen molar-refractivity contribution in [2.75, 3.05) is 31.1 Å². The van der Waals surface area contributed by atoms with Crippen LogP contribution < -0.4 is 16.3 Å². The molecule has 2 aliphatic rings. The number of likely N-dealkylation sites (tertiary alicyclic amines) is 1. The van der Waals surface area contributed by atoms with Crippen LogP contribution in [0.1, 0.15) is 47.3 Å². The summed E-state index contributed by atoms with van der Waals surface area (Å²) in [5.41, 5.74) is 9.37. The van der Waals surface area contributed by atoms with Crippen LogP contribution in [-0.4, -0.2) is 68.4 Å². The van der Waals surface area contributed by atoms with E-state index in [0.717, 1.165) is 30.6 Å². The number of anilines is 1. The predicted octanol–water partition coefficient (Wildman–Crippen LogP) is 1.18. The molecule has 36 heavy (non-hydrogen) atoms. The number of pyridine rings is 1. The largest absolute Gasteiger partial charge is 0.393 e. The van der Waals surface area contributed by atoms with E-state index in [2.05, 4.69) is 16.0 Å². The number of aliphatic hydroxyl groups excluding tert-OH is 1. The molecule has 3 aromatic rings. The summed E-state index contributed by atoms with van der Waals surface area (Å²) >= 11 is 0. The Balaban J connectivity index is 1.66. The summed E-state index contributed by atoms with van der Waals surface area (Å²) in [7, 11) is 1.65. The number of carbonyl (C=O) groups excluding carboxylic acids is 1. The third kappa shape index (κ3) is 4.36. The van der Waals surface area contributed by atoms with Gasteiger partial charge in [0.25, 0.3) is 5.91 Å². The first-order valence-electron chi connectivity index (χ1n) is 12.4. The fraction of sp³-hybridized carbons (Fsp3) is 0.462. The average Bonchev–Trinajstić information content (AvgIpc) is 3.13. The molecule has 3 N–H and O–H groups in total. The number of fused-ring (bicyclic) bond motifs is 1. The van der Waals surface area contributed by atoms with Crippen molar-refractivity contribution in [1.29, 1.82) is 5.26 Å². The molecule has 2 fully saturated rings. The maximum atomic E-state index is 13.4. The van der Waals surface area contributed by atoms with Crippen molar-refractivity contribution >= 4 is 22.8 Å². The quantitative estimate of drug-likeness (QED) is 0.562. The van der Waals surface area contributed by atoms with Crippen molar-refractivity contribution in [3.8, 4) is 6.07 Å². The Bertz CT molecular complexity index is 1400. The van der Waals surface area contributed by atoms with Crippen LogP contribution in [0.25, 0.3) is 11.2 Å². The molecule has 5 rings (SSSR count). The Morgan fingerprint density at radius 2 is 1.97 bits per heavy atom. The van der Waals surface area contributed by atoms with Crippen LogP contribution in [0, 0.1) is 11.3 Å². The second kappa shape index (κ2) is 9.76.